The molecular weight excluding hydrogens is 442 g/mol. The fourth-order valence-corrected chi connectivity index (χ4v) is 4.10. The van der Waals surface area contributed by atoms with Gasteiger partial charge in [-0.3, -0.25) is 4.79 Å². The van der Waals surface area contributed by atoms with E-state index in [-0.39, 0.29) is 45.7 Å². The molecule has 0 aromatic rings. The summed E-state index contributed by atoms with van der Waals surface area (Å²) in [6, 6.07) is -2.66. The van der Waals surface area contributed by atoms with Crippen LogP contribution in [0.4, 0.5) is 0 Å². The Bertz CT molecular complexity index is 606. The molecule has 2 fully saturated rings. The largest absolute Gasteiger partial charge is 0.395 e. The zero-order chi connectivity index (χ0) is 24.7. The first-order chi connectivity index (χ1) is 15.6. The molecule has 11 atom stereocenters. The first-order valence-electron chi connectivity index (χ1n) is 11.1. The lowest BCUT2D eigenvalue weighted by Gasteiger charge is -2.44. The Morgan fingerprint density at radius 2 is 1.79 bits per heavy atom. The van der Waals surface area contributed by atoms with Crippen LogP contribution in [0.2, 0.25) is 0 Å². The van der Waals surface area contributed by atoms with Crippen LogP contribution >= 0.6 is 0 Å². The van der Waals surface area contributed by atoms with E-state index in [1.165, 1.54) is 0 Å². The summed E-state index contributed by atoms with van der Waals surface area (Å²) in [5.74, 6) is -0.724. The summed E-state index contributed by atoms with van der Waals surface area (Å²) in [6.45, 7) is 0.247. The second-order valence-electron chi connectivity index (χ2n) is 8.59. The van der Waals surface area contributed by atoms with Crippen LogP contribution in [-0.2, 0) is 14.3 Å². The first kappa shape index (κ1) is 28.2. The maximum atomic E-state index is 12.0. The van der Waals surface area contributed by atoms with Gasteiger partial charge < -0.3 is 67.9 Å². The highest BCUT2D eigenvalue weighted by molar-refractivity contribution is 5.80. The molecular formula is C19H39N5O9. The quantitative estimate of drug-likeness (QED) is 0.123. The normalized spacial score (nSPS) is 40.4. The Balaban J connectivity index is 1.94. The topological polar surface area (TPSA) is 259 Å². The van der Waals surface area contributed by atoms with Crippen molar-refractivity contribution in [3.05, 3.63) is 0 Å². The van der Waals surface area contributed by atoms with Crippen molar-refractivity contribution >= 4 is 5.91 Å². The number of aliphatic hydroxyl groups is 6. The fourth-order valence-electron chi connectivity index (χ4n) is 4.10. The van der Waals surface area contributed by atoms with Crippen molar-refractivity contribution in [1.29, 1.82) is 0 Å². The van der Waals surface area contributed by atoms with Crippen LogP contribution in [0.15, 0.2) is 0 Å². The molecule has 1 heterocycles. The molecule has 0 aromatic heterocycles. The van der Waals surface area contributed by atoms with E-state index in [0.717, 1.165) is 0 Å². The number of carbonyl (C=O) groups is 1. The van der Waals surface area contributed by atoms with Crippen molar-refractivity contribution in [3.63, 3.8) is 0 Å². The van der Waals surface area contributed by atoms with Gasteiger partial charge in [-0.05, 0) is 19.4 Å². The Labute approximate surface area is 192 Å². The number of aliphatic hydroxyl groups excluding tert-OH is 6. The van der Waals surface area contributed by atoms with E-state index in [4.69, 9.17) is 31.8 Å². The van der Waals surface area contributed by atoms with E-state index in [1.54, 1.807) is 0 Å². The number of rotatable bonds is 11. The molecule has 0 spiro atoms. The molecule has 1 aliphatic heterocycles. The van der Waals surface area contributed by atoms with Crippen LogP contribution in [0.3, 0.4) is 0 Å². The fraction of sp³-hybridized carbons (Fsp3) is 0.947. The van der Waals surface area contributed by atoms with Crippen LogP contribution in [0.1, 0.15) is 12.8 Å². The third-order valence-electron chi connectivity index (χ3n) is 6.11. The van der Waals surface area contributed by atoms with E-state index < -0.39 is 72.9 Å². The smallest absolute Gasteiger partial charge is 0.249 e. The lowest BCUT2D eigenvalue weighted by Crippen LogP contribution is -2.66. The molecule has 0 aromatic carbocycles. The van der Waals surface area contributed by atoms with Crippen LogP contribution in [-0.4, -0.2) is 136 Å². The second-order valence-corrected chi connectivity index (χ2v) is 8.59. The summed E-state index contributed by atoms with van der Waals surface area (Å²) < 4.78 is 11.5. The molecule has 194 valence electrons. The van der Waals surface area contributed by atoms with Crippen LogP contribution in [0.25, 0.3) is 0 Å². The summed E-state index contributed by atoms with van der Waals surface area (Å²) in [6.07, 6.45) is -9.29. The molecule has 1 saturated heterocycles. The minimum Gasteiger partial charge on any atom is -0.395 e. The van der Waals surface area contributed by atoms with Gasteiger partial charge in [-0.25, -0.2) is 0 Å². The number of ether oxygens (including phenoxy) is 2. The van der Waals surface area contributed by atoms with Crippen molar-refractivity contribution in [1.82, 2.24) is 10.6 Å². The molecule has 2 rings (SSSR count). The summed E-state index contributed by atoms with van der Waals surface area (Å²) >= 11 is 0. The second kappa shape index (κ2) is 13.2. The monoisotopic (exact) mass is 481 g/mol. The van der Waals surface area contributed by atoms with Gasteiger partial charge in [0.05, 0.1) is 37.5 Å². The van der Waals surface area contributed by atoms with Gasteiger partial charge in [-0.2, -0.15) is 0 Å². The van der Waals surface area contributed by atoms with Gasteiger partial charge in [0, 0.05) is 19.1 Å². The zero-order valence-electron chi connectivity index (χ0n) is 18.4. The highest BCUT2D eigenvalue weighted by Crippen LogP contribution is 2.25. The molecule has 6 unspecified atom stereocenters. The van der Waals surface area contributed by atoms with Crippen molar-refractivity contribution in [2.24, 2.45) is 17.2 Å². The number of hydrogen-bond donors (Lipinski definition) is 11. The maximum absolute atomic E-state index is 12.0. The van der Waals surface area contributed by atoms with Crippen molar-refractivity contribution < 1.29 is 44.9 Å². The molecule has 1 aliphatic carbocycles. The average molecular weight is 482 g/mol. The molecule has 0 radical (unpaired) electrons. The highest BCUT2D eigenvalue weighted by Gasteiger charge is 2.46. The van der Waals surface area contributed by atoms with Crippen molar-refractivity contribution in [2.75, 3.05) is 32.8 Å². The van der Waals surface area contributed by atoms with Gasteiger partial charge in [0.1, 0.15) is 36.6 Å². The SMILES string of the molecule is NCC[C@H](O)C(=O)N[C@@H]1CC(N)[C@@H](OC[C@H]2OC(CNCCO)[C@@H](O)C(O)C2N)C(O)C1O. The lowest BCUT2D eigenvalue weighted by molar-refractivity contribution is -0.205. The van der Waals surface area contributed by atoms with Crippen LogP contribution in [0.5, 0.6) is 0 Å². The summed E-state index contributed by atoms with van der Waals surface area (Å²) in [5, 5.41) is 65.4. The van der Waals surface area contributed by atoms with Crippen molar-refractivity contribution in [2.45, 2.75) is 79.8 Å². The minimum atomic E-state index is -1.46. The van der Waals surface area contributed by atoms with E-state index >= 15 is 0 Å². The van der Waals surface area contributed by atoms with Gasteiger partial charge >= 0.3 is 0 Å². The summed E-state index contributed by atoms with van der Waals surface area (Å²) in [7, 11) is 0. The third kappa shape index (κ3) is 7.24. The van der Waals surface area contributed by atoms with Gasteiger partial charge in [0.15, 0.2) is 0 Å². The molecule has 33 heavy (non-hydrogen) atoms. The van der Waals surface area contributed by atoms with Gasteiger partial charge in [-0.1, -0.05) is 0 Å². The Morgan fingerprint density at radius 1 is 1.09 bits per heavy atom. The first-order valence-corrected chi connectivity index (χ1v) is 11.1. The van der Waals surface area contributed by atoms with Crippen LogP contribution in [0, 0.1) is 0 Å². The molecule has 14 N–H and O–H groups in total. The predicted molar refractivity (Wildman–Crippen MR) is 115 cm³/mol. The standard InChI is InChI=1S/C19H39N5O9/c20-2-1-10(26)19(31)24-9-5-8(21)18(17(30)14(9)27)32-7-12-13(22)16(29)15(28)11(33-12)6-23-3-4-25/h8-18,23,25-30H,1-7,20-22H2,(H,24,31)/t8?,9-,10+,11?,12-,13?,14?,15-,16?,17?,18-/m1/s1. The maximum Gasteiger partial charge on any atom is 0.249 e. The van der Waals surface area contributed by atoms with E-state index in [2.05, 4.69) is 10.6 Å². The molecule has 1 saturated carbocycles. The Hall–Kier alpha value is -1.01. The average Bonchev–Trinajstić information content (AvgIpc) is 2.78. The lowest BCUT2D eigenvalue weighted by atomic mass is 9.84. The van der Waals surface area contributed by atoms with E-state index in [0.29, 0.717) is 0 Å². The third-order valence-corrected chi connectivity index (χ3v) is 6.11. The Kier molecular flexibility index (Phi) is 11.3. The zero-order valence-corrected chi connectivity index (χ0v) is 18.4. The van der Waals surface area contributed by atoms with Gasteiger partial charge in [0.25, 0.3) is 0 Å². The summed E-state index contributed by atoms with van der Waals surface area (Å²) in [5.41, 5.74) is 17.4. The van der Waals surface area contributed by atoms with Gasteiger partial charge in [0.2, 0.25) is 5.91 Å². The van der Waals surface area contributed by atoms with Crippen molar-refractivity contribution in [3.8, 4) is 0 Å². The minimum absolute atomic E-state index is 0.0493. The molecule has 14 heteroatoms. The number of carbonyl (C=O) groups excluding carboxylic acids is 1. The van der Waals surface area contributed by atoms with E-state index in [1.807, 2.05) is 0 Å². The van der Waals surface area contributed by atoms with E-state index in [9.17, 15) is 30.3 Å². The molecule has 2 aliphatic rings. The number of amides is 1. The molecule has 1 amide bonds. The number of nitrogens with one attached hydrogen (secondary N) is 2. The number of nitrogens with two attached hydrogens (primary N) is 3. The number of hydrogen-bond acceptors (Lipinski definition) is 13. The van der Waals surface area contributed by atoms with Crippen LogP contribution < -0.4 is 27.8 Å². The highest BCUT2D eigenvalue weighted by atomic mass is 16.6. The predicted octanol–water partition coefficient (Wildman–Crippen LogP) is -6.58. The Morgan fingerprint density at radius 3 is 2.42 bits per heavy atom. The molecule has 0 bridgehead atoms. The molecule has 14 nitrogen and oxygen atoms in total. The summed E-state index contributed by atoms with van der Waals surface area (Å²) in [4.78, 5) is 12.0. The van der Waals surface area contributed by atoms with Gasteiger partial charge in [-0.15, -0.1) is 0 Å².